The lowest BCUT2D eigenvalue weighted by Gasteiger charge is -2.39. The van der Waals surface area contributed by atoms with Crippen LogP contribution in [0.1, 0.15) is 22.3 Å². The highest BCUT2D eigenvalue weighted by Gasteiger charge is 2.51. The predicted molar refractivity (Wildman–Crippen MR) is 263 cm³/mol. The molecular weight excluding hydrogens is 761 g/mol. The molecule has 0 N–H and O–H groups in total. The smallest absolute Gasteiger partial charge is 0.0755 e. The molecule has 2 heteroatoms. The fourth-order valence-corrected chi connectivity index (χ4v) is 11.0. The van der Waals surface area contributed by atoms with Crippen LogP contribution in [0.3, 0.4) is 0 Å². The maximum atomic E-state index is 2.52. The van der Waals surface area contributed by atoms with Crippen molar-refractivity contribution in [2.45, 2.75) is 5.41 Å². The maximum absolute atomic E-state index is 2.52. The van der Waals surface area contributed by atoms with Crippen molar-refractivity contribution in [2.24, 2.45) is 0 Å². The van der Waals surface area contributed by atoms with Gasteiger partial charge in [-0.2, -0.15) is 0 Å². The SMILES string of the molecule is c1ccc(-c2cccc(N(c3cc(-c4ccccc4)cc(-c4ccccc4)c3)c3cccc4c3-c3ccccc3C43c4ccccc4-n4c5ccccc5c5cccc3c54)c2)cc1. The lowest BCUT2D eigenvalue weighted by molar-refractivity contribution is 0.748. The molecular formula is C61H40N2. The maximum Gasteiger partial charge on any atom is 0.0755 e. The summed E-state index contributed by atoms with van der Waals surface area (Å²) in [5.41, 5.74) is 21.3. The molecule has 0 saturated heterocycles. The first-order valence-electron chi connectivity index (χ1n) is 21.8. The Morgan fingerprint density at radius 1 is 0.333 bits per heavy atom. The van der Waals surface area contributed by atoms with Crippen molar-refractivity contribution in [2.75, 3.05) is 4.90 Å². The molecule has 0 amide bonds. The Labute approximate surface area is 367 Å². The topological polar surface area (TPSA) is 8.17 Å². The van der Waals surface area contributed by atoms with E-state index in [1.54, 1.807) is 0 Å². The Hall–Kier alpha value is -8.20. The zero-order chi connectivity index (χ0) is 41.5. The summed E-state index contributed by atoms with van der Waals surface area (Å²) in [5, 5.41) is 2.56. The Bertz CT molecular complexity index is 3510. The van der Waals surface area contributed by atoms with Gasteiger partial charge in [0, 0.05) is 27.7 Å². The summed E-state index contributed by atoms with van der Waals surface area (Å²) in [6, 6.07) is 89.7. The van der Waals surface area contributed by atoms with E-state index in [0.717, 1.165) is 17.1 Å². The third kappa shape index (κ3) is 5.19. The Kier molecular flexibility index (Phi) is 7.85. The number of hydrogen-bond donors (Lipinski definition) is 0. The average Bonchev–Trinajstić information content (AvgIpc) is 3.86. The first-order valence-corrected chi connectivity index (χ1v) is 21.8. The van der Waals surface area contributed by atoms with Crippen LogP contribution in [-0.2, 0) is 5.41 Å². The molecule has 63 heavy (non-hydrogen) atoms. The van der Waals surface area contributed by atoms with E-state index in [2.05, 4.69) is 252 Å². The molecule has 0 bridgehead atoms. The number of benzene rings is 10. The van der Waals surface area contributed by atoms with Crippen LogP contribution in [-0.4, -0.2) is 4.57 Å². The summed E-state index contributed by atoms with van der Waals surface area (Å²) in [6.07, 6.45) is 0. The van der Waals surface area contributed by atoms with Gasteiger partial charge in [0.15, 0.2) is 0 Å². The van der Waals surface area contributed by atoms with Gasteiger partial charge in [-0.3, -0.25) is 0 Å². The molecule has 11 aromatic rings. The molecule has 2 nitrogen and oxygen atoms in total. The van der Waals surface area contributed by atoms with Gasteiger partial charge in [-0.25, -0.2) is 0 Å². The van der Waals surface area contributed by atoms with Gasteiger partial charge < -0.3 is 9.47 Å². The monoisotopic (exact) mass is 800 g/mol. The van der Waals surface area contributed by atoms with Crippen molar-refractivity contribution in [1.29, 1.82) is 0 Å². The molecule has 13 rings (SSSR count). The molecule has 294 valence electrons. The number of anilines is 3. The summed E-state index contributed by atoms with van der Waals surface area (Å²) in [6.45, 7) is 0. The molecule has 1 aliphatic carbocycles. The minimum absolute atomic E-state index is 0.568. The third-order valence-corrected chi connectivity index (χ3v) is 13.5. The van der Waals surface area contributed by atoms with Gasteiger partial charge in [-0.15, -0.1) is 0 Å². The third-order valence-electron chi connectivity index (χ3n) is 13.5. The van der Waals surface area contributed by atoms with Crippen molar-refractivity contribution in [3.63, 3.8) is 0 Å². The van der Waals surface area contributed by atoms with Gasteiger partial charge in [0.25, 0.3) is 0 Å². The largest absolute Gasteiger partial charge is 0.310 e. The normalized spacial score (nSPS) is 14.4. The van der Waals surface area contributed by atoms with Crippen LogP contribution in [0.5, 0.6) is 0 Å². The molecule has 2 heterocycles. The summed E-state index contributed by atoms with van der Waals surface area (Å²) >= 11 is 0. The van der Waals surface area contributed by atoms with Crippen LogP contribution in [0.4, 0.5) is 17.1 Å². The molecule has 1 aromatic heterocycles. The van der Waals surface area contributed by atoms with E-state index in [1.165, 1.54) is 94.3 Å². The van der Waals surface area contributed by atoms with Crippen LogP contribution in [0, 0.1) is 0 Å². The van der Waals surface area contributed by atoms with E-state index in [9.17, 15) is 0 Å². The minimum Gasteiger partial charge on any atom is -0.310 e. The lowest BCUT2D eigenvalue weighted by Crippen LogP contribution is -2.33. The molecule has 1 aliphatic heterocycles. The molecule has 0 saturated carbocycles. The molecule has 10 aromatic carbocycles. The number of fused-ring (bicyclic) bond motifs is 12. The zero-order valence-electron chi connectivity index (χ0n) is 34.5. The summed E-state index contributed by atoms with van der Waals surface area (Å²) < 4.78 is 2.52. The number of nitrogens with zero attached hydrogens (tertiary/aromatic N) is 2. The number of hydrogen-bond acceptors (Lipinski definition) is 1. The molecule has 0 fully saturated rings. The highest BCUT2D eigenvalue weighted by molar-refractivity contribution is 6.13. The Morgan fingerprint density at radius 3 is 1.60 bits per heavy atom. The first-order chi connectivity index (χ1) is 31.3. The molecule has 2 aliphatic rings. The highest BCUT2D eigenvalue weighted by Crippen LogP contribution is 2.63. The van der Waals surface area contributed by atoms with Gasteiger partial charge in [-0.05, 0) is 110 Å². The van der Waals surface area contributed by atoms with E-state index in [1.807, 2.05) is 0 Å². The summed E-state index contributed by atoms with van der Waals surface area (Å²) in [7, 11) is 0. The second kappa shape index (κ2) is 13.9. The van der Waals surface area contributed by atoms with Gasteiger partial charge in [0.1, 0.15) is 0 Å². The van der Waals surface area contributed by atoms with Crippen LogP contribution >= 0.6 is 0 Å². The fraction of sp³-hybridized carbons (Fsp3) is 0.0164. The van der Waals surface area contributed by atoms with Crippen molar-refractivity contribution in [1.82, 2.24) is 4.57 Å². The zero-order valence-corrected chi connectivity index (χ0v) is 34.5. The minimum atomic E-state index is -0.568. The van der Waals surface area contributed by atoms with Gasteiger partial charge >= 0.3 is 0 Å². The van der Waals surface area contributed by atoms with E-state index in [4.69, 9.17) is 0 Å². The Balaban J connectivity index is 1.14. The number of aromatic nitrogens is 1. The quantitative estimate of drug-likeness (QED) is 0.163. The van der Waals surface area contributed by atoms with Crippen LogP contribution in [0.2, 0.25) is 0 Å². The highest BCUT2D eigenvalue weighted by atomic mass is 15.1. The van der Waals surface area contributed by atoms with E-state index < -0.39 is 5.41 Å². The number of para-hydroxylation sites is 3. The van der Waals surface area contributed by atoms with E-state index in [-0.39, 0.29) is 0 Å². The first kappa shape index (κ1) is 35.5. The predicted octanol–water partition coefficient (Wildman–Crippen LogP) is 15.9. The second-order valence-electron chi connectivity index (χ2n) is 16.8. The fourth-order valence-electron chi connectivity index (χ4n) is 11.0. The standard InChI is InChI=1S/C61H40N2/c1-4-19-41(20-5-1)44-25-16-26-47(38-44)62(48-39-45(42-21-6-2-7-22-42)37-46(40-48)43-23-8-3-9-24-43)58-36-18-32-54-59(58)51-28-10-12-30-52(51)61(54)53-31-13-15-35-57(53)63-56-34-14-11-27-49(56)50-29-17-33-55(61)60(50)63/h1-40H. The van der Waals surface area contributed by atoms with Crippen molar-refractivity contribution >= 4 is 38.9 Å². The average molecular weight is 801 g/mol. The van der Waals surface area contributed by atoms with Crippen LogP contribution in [0.15, 0.2) is 243 Å². The molecule has 0 radical (unpaired) electrons. The van der Waals surface area contributed by atoms with Crippen LogP contribution < -0.4 is 4.90 Å². The van der Waals surface area contributed by atoms with Gasteiger partial charge in [0.05, 0.1) is 27.8 Å². The molecule has 1 spiro atoms. The second-order valence-corrected chi connectivity index (χ2v) is 16.8. The van der Waals surface area contributed by atoms with Crippen molar-refractivity contribution in [3.05, 3.63) is 265 Å². The van der Waals surface area contributed by atoms with E-state index >= 15 is 0 Å². The van der Waals surface area contributed by atoms with Gasteiger partial charge in [-0.1, -0.05) is 194 Å². The van der Waals surface area contributed by atoms with Crippen molar-refractivity contribution < 1.29 is 0 Å². The van der Waals surface area contributed by atoms with Gasteiger partial charge in [0.2, 0.25) is 0 Å². The Morgan fingerprint density at radius 2 is 0.857 bits per heavy atom. The van der Waals surface area contributed by atoms with E-state index in [0.29, 0.717) is 0 Å². The molecule has 1 atom stereocenters. The lowest BCUT2D eigenvalue weighted by atomic mass is 9.65. The van der Waals surface area contributed by atoms with Crippen LogP contribution in [0.25, 0.3) is 72.0 Å². The number of rotatable bonds is 6. The molecule has 1 unspecified atom stereocenters. The summed E-state index contributed by atoms with van der Waals surface area (Å²) in [4.78, 5) is 2.52. The summed E-state index contributed by atoms with van der Waals surface area (Å²) in [5.74, 6) is 0. The van der Waals surface area contributed by atoms with Crippen molar-refractivity contribution in [3.8, 4) is 50.2 Å².